The van der Waals surface area contributed by atoms with Gasteiger partial charge in [-0.3, -0.25) is 14.5 Å². The van der Waals surface area contributed by atoms with Crippen LogP contribution in [0.2, 0.25) is 0 Å². The van der Waals surface area contributed by atoms with Crippen molar-refractivity contribution in [2.75, 3.05) is 27.7 Å². The molecule has 3 rings (SSSR count). The van der Waals surface area contributed by atoms with Crippen LogP contribution in [-0.2, 0) is 4.79 Å². The Kier molecular flexibility index (Phi) is 5.03. The van der Waals surface area contributed by atoms with Crippen LogP contribution < -0.4 is 5.56 Å². The summed E-state index contributed by atoms with van der Waals surface area (Å²) in [6, 6.07) is 3.80. The highest BCUT2D eigenvalue weighted by Crippen LogP contribution is 2.33. The lowest BCUT2D eigenvalue weighted by Crippen LogP contribution is -2.36. The minimum Gasteiger partial charge on any atom is -0.348 e. The number of aromatic nitrogens is 2. The van der Waals surface area contributed by atoms with Crippen molar-refractivity contribution < 1.29 is 4.79 Å². The van der Waals surface area contributed by atoms with E-state index in [0.717, 1.165) is 15.3 Å². The number of carbonyl (C=O) groups is 1. The smallest absolute Gasteiger partial charge is 0.260 e. The third-order valence-corrected chi connectivity index (χ3v) is 5.96. The van der Waals surface area contributed by atoms with Crippen molar-refractivity contribution in [3.05, 3.63) is 39.1 Å². The number of amides is 1. The van der Waals surface area contributed by atoms with Crippen molar-refractivity contribution >= 4 is 38.8 Å². The predicted molar refractivity (Wildman–Crippen MR) is 103 cm³/mol. The Morgan fingerprint density at radius 1 is 1.32 bits per heavy atom. The van der Waals surface area contributed by atoms with Crippen molar-refractivity contribution in [2.45, 2.75) is 13.0 Å². The van der Waals surface area contributed by atoms with Crippen LogP contribution in [-0.4, -0.2) is 53.4 Å². The molecule has 1 amide bonds. The quantitative estimate of drug-likeness (QED) is 0.743. The molecule has 0 aromatic carbocycles. The summed E-state index contributed by atoms with van der Waals surface area (Å²) in [6.07, 6.45) is 0. The molecular formula is C17H20N4O2S2. The molecule has 0 aliphatic carbocycles. The van der Waals surface area contributed by atoms with Crippen molar-refractivity contribution in [1.29, 1.82) is 0 Å². The van der Waals surface area contributed by atoms with Gasteiger partial charge in [-0.05, 0) is 25.4 Å². The van der Waals surface area contributed by atoms with Crippen molar-refractivity contribution in [1.82, 2.24) is 19.8 Å². The largest absolute Gasteiger partial charge is 0.348 e. The number of carbonyl (C=O) groups excluding carboxylic acids is 1. The summed E-state index contributed by atoms with van der Waals surface area (Å²) >= 11 is 3.08. The van der Waals surface area contributed by atoms with E-state index in [9.17, 15) is 9.59 Å². The van der Waals surface area contributed by atoms with E-state index in [1.807, 2.05) is 41.8 Å². The second-order valence-corrected chi connectivity index (χ2v) is 7.94. The van der Waals surface area contributed by atoms with Crippen LogP contribution in [0.5, 0.6) is 0 Å². The zero-order chi connectivity index (χ0) is 18.1. The van der Waals surface area contributed by atoms with Crippen LogP contribution in [0.4, 0.5) is 0 Å². The van der Waals surface area contributed by atoms with Gasteiger partial charge in [0, 0.05) is 29.9 Å². The molecule has 6 nitrogen and oxygen atoms in total. The van der Waals surface area contributed by atoms with Crippen LogP contribution in [0.25, 0.3) is 20.7 Å². The van der Waals surface area contributed by atoms with Crippen LogP contribution >= 0.6 is 22.7 Å². The lowest BCUT2D eigenvalue weighted by Gasteiger charge is -2.24. The van der Waals surface area contributed by atoms with Gasteiger partial charge in [0.15, 0.2) is 0 Å². The molecule has 0 saturated heterocycles. The highest BCUT2D eigenvalue weighted by atomic mass is 32.1. The molecular weight excluding hydrogens is 356 g/mol. The average Bonchev–Trinajstić information content (AvgIpc) is 3.22. The topological polar surface area (TPSA) is 69.3 Å². The van der Waals surface area contributed by atoms with E-state index < -0.39 is 0 Å². The van der Waals surface area contributed by atoms with Crippen LogP contribution in [0.1, 0.15) is 18.8 Å². The second kappa shape index (κ2) is 7.07. The highest BCUT2D eigenvalue weighted by molar-refractivity contribution is 7.18. The standard InChI is InChI=1S/C17H20N4O2S2/c1-10(21(4)8-13(22)20(2)3)15-18-16(23)14-11(9-25-17(14)19-15)12-6-5-7-24-12/h5-7,9-10H,8H2,1-4H3,(H,18,19,23)/t10-/m0/s1. The minimum absolute atomic E-state index is 0.00822. The zero-order valence-electron chi connectivity index (χ0n) is 14.6. The number of H-pyrrole nitrogens is 1. The molecule has 132 valence electrons. The average molecular weight is 377 g/mol. The summed E-state index contributed by atoms with van der Waals surface area (Å²) in [5.74, 6) is 0.583. The first-order valence-corrected chi connectivity index (χ1v) is 9.60. The predicted octanol–water partition coefficient (Wildman–Crippen LogP) is 2.79. The Labute approximate surface area is 153 Å². The number of nitrogens with one attached hydrogen (secondary N) is 1. The molecule has 0 spiro atoms. The number of aromatic amines is 1. The van der Waals surface area contributed by atoms with Gasteiger partial charge >= 0.3 is 0 Å². The number of hydrogen-bond acceptors (Lipinski definition) is 6. The van der Waals surface area contributed by atoms with Crippen molar-refractivity contribution in [3.8, 4) is 10.4 Å². The lowest BCUT2D eigenvalue weighted by atomic mass is 10.2. The molecule has 0 bridgehead atoms. The molecule has 0 aliphatic rings. The van der Waals surface area contributed by atoms with Gasteiger partial charge in [0.25, 0.3) is 5.56 Å². The van der Waals surface area contributed by atoms with Gasteiger partial charge < -0.3 is 9.88 Å². The second-order valence-electron chi connectivity index (χ2n) is 6.14. The van der Waals surface area contributed by atoms with E-state index in [1.54, 1.807) is 30.3 Å². The number of thiophene rings is 2. The number of fused-ring (bicyclic) bond motifs is 1. The maximum Gasteiger partial charge on any atom is 0.260 e. The Morgan fingerprint density at radius 3 is 2.72 bits per heavy atom. The number of likely N-dealkylation sites (N-methyl/N-ethyl adjacent to an activating group) is 2. The molecule has 0 fully saturated rings. The minimum atomic E-state index is -0.173. The molecule has 25 heavy (non-hydrogen) atoms. The first-order valence-electron chi connectivity index (χ1n) is 7.84. The van der Waals surface area contributed by atoms with E-state index in [4.69, 9.17) is 0 Å². The normalized spacial score (nSPS) is 12.7. The lowest BCUT2D eigenvalue weighted by molar-refractivity contribution is -0.130. The van der Waals surface area contributed by atoms with Crippen LogP contribution in [0.3, 0.4) is 0 Å². The summed E-state index contributed by atoms with van der Waals surface area (Å²) in [5, 5.41) is 4.61. The molecule has 3 heterocycles. The molecule has 3 aromatic rings. The molecule has 8 heteroatoms. The third kappa shape index (κ3) is 3.51. The van der Waals surface area contributed by atoms with Gasteiger partial charge in [0.2, 0.25) is 5.91 Å². The zero-order valence-corrected chi connectivity index (χ0v) is 16.2. The van der Waals surface area contributed by atoms with Gasteiger partial charge in [-0.25, -0.2) is 4.98 Å². The van der Waals surface area contributed by atoms with E-state index >= 15 is 0 Å². The molecule has 1 N–H and O–H groups in total. The summed E-state index contributed by atoms with van der Waals surface area (Å²) in [6.45, 7) is 2.20. The first-order chi connectivity index (χ1) is 11.9. The SMILES string of the molecule is C[C@@H](c1nc2scc(-c3cccs3)c2c(=O)[nH]1)N(C)CC(=O)N(C)C. The van der Waals surface area contributed by atoms with Crippen molar-refractivity contribution in [2.24, 2.45) is 0 Å². The van der Waals surface area contributed by atoms with E-state index in [0.29, 0.717) is 11.2 Å². The van der Waals surface area contributed by atoms with E-state index in [1.165, 1.54) is 11.3 Å². The van der Waals surface area contributed by atoms with E-state index in [-0.39, 0.29) is 24.1 Å². The number of hydrogen-bond donors (Lipinski definition) is 1. The number of nitrogens with zero attached hydrogens (tertiary/aromatic N) is 3. The molecule has 3 aromatic heterocycles. The van der Waals surface area contributed by atoms with Gasteiger partial charge in [-0.15, -0.1) is 22.7 Å². The van der Waals surface area contributed by atoms with Gasteiger partial charge in [-0.1, -0.05) is 6.07 Å². The Bertz CT molecular complexity index is 943. The summed E-state index contributed by atoms with van der Waals surface area (Å²) in [4.78, 5) is 37.3. The summed E-state index contributed by atoms with van der Waals surface area (Å²) in [5.41, 5.74) is 0.794. The molecule has 0 aliphatic heterocycles. The van der Waals surface area contributed by atoms with Gasteiger partial charge in [0.1, 0.15) is 10.7 Å². The Morgan fingerprint density at radius 2 is 2.08 bits per heavy atom. The summed E-state index contributed by atoms with van der Waals surface area (Å²) < 4.78 is 0. The van der Waals surface area contributed by atoms with Gasteiger partial charge in [-0.2, -0.15) is 0 Å². The maximum atomic E-state index is 12.7. The van der Waals surface area contributed by atoms with E-state index in [2.05, 4.69) is 9.97 Å². The first kappa shape index (κ1) is 17.8. The fraction of sp³-hybridized carbons (Fsp3) is 0.353. The van der Waals surface area contributed by atoms with Crippen LogP contribution in [0.15, 0.2) is 27.7 Å². The molecule has 0 unspecified atom stereocenters. The Balaban J connectivity index is 1.94. The fourth-order valence-corrected chi connectivity index (χ4v) is 4.25. The monoisotopic (exact) mass is 376 g/mol. The van der Waals surface area contributed by atoms with Gasteiger partial charge in [0.05, 0.1) is 18.0 Å². The van der Waals surface area contributed by atoms with Crippen LogP contribution in [0, 0.1) is 0 Å². The fourth-order valence-electron chi connectivity index (χ4n) is 2.48. The molecule has 1 atom stereocenters. The molecule has 0 saturated carbocycles. The molecule has 0 radical (unpaired) electrons. The maximum absolute atomic E-state index is 12.7. The number of rotatable bonds is 5. The Hall–Kier alpha value is -2.03. The van der Waals surface area contributed by atoms with Crippen molar-refractivity contribution in [3.63, 3.8) is 0 Å². The third-order valence-electron chi connectivity index (χ3n) is 4.19. The summed E-state index contributed by atoms with van der Waals surface area (Å²) in [7, 11) is 5.30. The highest BCUT2D eigenvalue weighted by Gasteiger charge is 2.20.